The Balaban J connectivity index is 2.03. The molecule has 3 N–H and O–H groups in total. The predicted molar refractivity (Wildman–Crippen MR) is 109 cm³/mol. The first-order valence-electron chi connectivity index (χ1n) is 8.88. The minimum absolute atomic E-state index is 0.111. The van der Waals surface area contributed by atoms with Gasteiger partial charge in [0.25, 0.3) is 0 Å². The van der Waals surface area contributed by atoms with Crippen LogP contribution in [0.3, 0.4) is 0 Å². The van der Waals surface area contributed by atoms with Gasteiger partial charge in [0.1, 0.15) is 0 Å². The van der Waals surface area contributed by atoms with Crippen molar-refractivity contribution in [3.8, 4) is 0 Å². The van der Waals surface area contributed by atoms with Crippen LogP contribution in [0.2, 0.25) is 0 Å². The van der Waals surface area contributed by atoms with Crippen LogP contribution in [0.25, 0.3) is 0 Å². The normalized spacial score (nSPS) is 13.3. The molecule has 0 fully saturated rings. The summed E-state index contributed by atoms with van der Waals surface area (Å²) in [4.78, 5) is 31.0. The van der Waals surface area contributed by atoms with Gasteiger partial charge in [-0.2, -0.15) is 0 Å². The Morgan fingerprint density at radius 2 is 2.22 bits per heavy atom. The second-order valence-electron chi connectivity index (χ2n) is 6.01. The summed E-state index contributed by atoms with van der Waals surface area (Å²) in [7, 11) is 0. The number of hydrogen-bond donors (Lipinski definition) is 2. The molecule has 1 aromatic rings. The van der Waals surface area contributed by atoms with E-state index in [4.69, 9.17) is 10.5 Å². The summed E-state index contributed by atoms with van der Waals surface area (Å²) in [6.07, 6.45) is 4.27. The molecule has 7 nitrogen and oxygen atoms in total. The Labute approximate surface area is 163 Å². The van der Waals surface area contributed by atoms with E-state index < -0.39 is 0 Å². The fourth-order valence-electron chi connectivity index (χ4n) is 2.83. The van der Waals surface area contributed by atoms with Gasteiger partial charge in [-0.1, -0.05) is 19.2 Å². The van der Waals surface area contributed by atoms with Crippen LogP contribution >= 0.6 is 11.3 Å². The molecule has 0 aromatic carbocycles. The highest BCUT2D eigenvalue weighted by Crippen LogP contribution is 2.37. The van der Waals surface area contributed by atoms with Crippen molar-refractivity contribution in [2.24, 2.45) is 10.7 Å². The van der Waals surface area contributed by atoms with Gasteiger partial charge in [0, 0.05) is 41.9 Å². The topological polar surface area (TPSA) is 97.0 Å². The van der Waals surface area contributed by atoms with Gasteiger partial charge in [-0.3, -0.25) is 9.79 Å². The van der Waals surface area contributed by atoms with Crippen LogP contribution in [0, 0.1) is 0 Å². The van der Waals surface area contributed by atoms with E-state index in [1.54, 1.807) is 24.1 Å². The molecule has 0 bridgehead atoms. The lowest BCUT2D eigenvalue weighted by atomic mass is 10.0. The summed E-state index contributed by atoms with van der Waals surface area (Å²) in [6.45, 7) is 10.9. The first-order valence-corrected chi connectivity index (χ1v) is 9.69. The van der Waals surface area contributed by atoms with E-state index in [9.17, 15) is 9.59 Å². The van der Waals surface area contributed by atoms with Crippen LogP contribution in [-0.2, 0) is 29.0 Å². The molecule has 0 atom stereocenters. The quantitative estimate of drug-likeness (QED) is 0.666. The van der Waals surface area contributed by atoms with Crippen molar-refractivity contribution in [1.82, 2.24) is 4.90 Å². The van der Waals surface area contributed by atoms with Crippen molar-refractivity contribution in [2.75, 3.05) is 18.5 Å². The molecule has 8 heteroatoms. The lowest BCUT2D eigenvalue weighted by molar-refractivity contribution is -0.116. The summed E-state index contributed by atoms with van der Waals surface area (Å²) in [6, 6.07) is 0. The molecule has 2 heterocycles. The molecular weight excluding hydrogens is 364 g/mol. The van der Waals surface area contributed by atoms with Crippen molar-refractivity contribution < 1.29 is 14.3 Å². The van der Waals surface area contributed by atoms with E-state index >= 15 is 0 Å². The van der Waals surface area contributed by atoms with Gasteiger partial charge in [-0.15, -0.1) is 11.3 Å². The fourth-order valence-corrected chi connectivity index (χ4v) is 4.14. The third-order valence-corrected chi connectivity index (χ3v) is 5.33. The number of aliphatic imine (C=N–C) groups is 1. The van der Waals surface area contributed by atoms with Gasteiger partial charge in [-0.05, 0) is 25.3 Å². The molecule has 1 aliphatic heterocycles. The average molecular weight is 391 g/mol. The molecule has 1 aromatic heterocycles. The third-order valence-electron chi connectivity index (χ3n) is 4.15. The lowest BCUT2D eigenvalue weighted by Gasteiger charge is -2.26. The number of fused-ring (bicyclic) bond motifs is 1. The minimum Gasteiger partial charge on any atom is -0.450 e. The maximum atomic E-state index is 12.3. The van der Waals surface area contributed by atoms with Gasteiger partial charge in [0.15, 0.2) is 0 Å². The number of amides is 2. The molecule has 2 amide bonds. The van der Waals surface area contributed by atoms with E-state index in [1.165, 1.54) is 11.3 Å². The Kier molecular flexibility index (Phi) is 7.75. The molecule has 27 heavy (non-hydrogen) atoms. The van der Waals surface area contributed by atoms with Gasteiger partial charge < -0.3 is 20.7 Å². The zero-order valence-electron chi connectivity index (χ0n) is 15.6. The number of nitrogens with one attached hydrogen (secondary N) is 1. The second-order valence-corrected chi connectivity index (χ2v) is 7.12. The molecule has 146 valence electrons. The Morgan fingerprint density at radius 1 is 1.44 bits per heavy atom. The maximum Gasteiger partial charge on any atom is 0.410 e. The van der Waals surface area contributed by atoms with E-state index in [0.29, 0.717) is 44.8 Å². The molecule has 2 rings (SSSR count). The van der Waals surface area contributed by atoms with Crippen molar-refractivity contribution >= 4 is 34.6 Å². The van der Waals surface area contributed by atoms with Crippen LogP contribution in [0.4, 0.5) is 9.80 Å². The molecule has 1 aliphatic rings. The molecule has 0 aliphatic carbocycles. The number of hydrogen-bond acceptors (Lipinski definition) is 6. The van der Waals surface area contributed by atoms with Gasteiger partial charge in [-0.25, -0.2) is 4.79 Å². The van der Waals surface area contributed by atoms with Crippen LogP contribution in [-0.4, -0.2) is 36.3 Å². The number of anilines is 1. The minimum atomic E-state index is -0.310. The highest BCUT2D eigenvalue weighted by atomic mass is 32.1. The SMILES string of the molecule is C=CC=NC(=C)CCC(=O)Nc1sc2c(c1CN)CCN(C(=O)OCC)C2. The van der Waals surface area contributed by atoms with Gasteiger partial charge in [0.05, 0.1) is 18.2 Å². The first kappa shape index (κ1) is 20.9. The third kappa shape index (κ3) is 5.51. The number of thiophene rings is 1. The fraction of sp³-hybridized carbons (Fsp3) is 0.421. The highest BCUT2D eigenvalue weighted by Gasteiger charge is 2.27. The maximum absolute atomic E-state index is 12.3. The summed E-state index contributed by atoms with van der Waals surface area (Å²) in [5.41, 5.74) is 8.64. The Morgan fingerprint density at radius 3 is 2.89 bits per heavy atom. The number of nitrogens with zero attached hydrogens (tertiary/aromatic N) is 2. The Bertz CT molecular complexity index is 754. The average Bonchev–Trinajstić information content (AvgIpc) is 3.00. The van der Waals surface area contributed by atoms with Crippen molar-refractivity contribution in [2.45, 2.75) is 39.3 Å². The largest absolute Gasteiger partial charge is 0.450 e. The number of carbonyl (C=O) groups is 2. The van der Waals surface area contributed by atoms with E-state index in [-0.39, 0.29) is 18.4 Å². The second kappa shape index (κ2) is 10.0. The highest BCUT2D eigenvalue weighted by molar-refractivity contribution is 7.16. The number of nitrogens with two attached hydrogens (primary N) is 1. The van der Waals surface area contributed by atoms with Crippen LogP contribution < -0.4 is 11.1 Å². The van der Waals surface area contributed by atoms with Crippen LogP contribution in [0.5, 0.6) is 0 Å². The first-order chi connectivity index (χ1) is 13.0. The monoisotopic (exact) mass is 390 g/mol. The molecule has 0 unspecified atom stereocenters. The van der Waals surface area contributed by atoms with E-state index in [1.807, 2.05) is 0 Å². The summed E-state index contributed by atoms with van der Waals surface area (Å²) >= 11 is 1.48. The number of ether oxygens (including phenoxy) is 1. The standard InChI is InChI=1S/C19H26N4O3S/c1-4-9-21-13(3)6-7-17(24)22-18-15(11-20)14-8-10-23(12-16(14)27-18)19(25)26-5-2/h4,9H,1,3,5-8,10-12,20H2,2H3,(H,22,24). The molecule has 0 saturated carbocycles. The van der Waals surface area contributed by atoms with Crippen LogP contribution in [0.15, 0.2) is 29.9 Å². The number of rotatable bonds is 8. The van der Waals surface area contributed by atoms with Gasteiger partial charge >= 0.3 is 6.09 Å². The summed E-state index contributed by atoms with van der Waals surface area (Å²) in [5, 5.41) is 3.71. The molecule has 0 spiro atoms. The van der Waals surface area contributed by atoms with Crippen LogP contribution in [0.1, 0.15) is 35.8 Å². The molecule has 0 radical (unpaired) electrons. The molecule has 0 saturated heterocycles. The zero-order valence-corrected chi connectivity index (χ0v) is 16.4. The summed E-state index contributed by atoms with van der Waals surface area (Å²) < 4.78 is 5.08. The van der Waals surface area contributed by atoms with Gasteiger partial charge in [0.2, 0.25) is 5.91 Å². The van der Waals surface area contributed by atoms with Crippen molar-refractivity contribution in [1.29, 1.82) is 0 Å². The smallest absolute Gasteiger partial charge is 0.410 e. The predicted octanol–water partition coefficient (Wildman–Crippen LogP) is 3.21. The lowest BCUT2D eigenvalue weighted by Crippen LogP contribution is -2.36. The molecular formula is C19H26N4O3S. The van der Waals surface area contributed by atoms with Crippen molar-refractivity contribution in [3.05, 3.63) is 40.9 Å². The zero-order chi connectivity index (χ0) is 19.8. The number of carbonyl (C=O) groups excluding carboxylic acids is 2. The van der Waals surface area contributed by atoms with Crippen molar-refractivity contribution in [3.63, 3.8) is 0 Å². The van der Waals surface area contributed by atoms with E-state index in [0.717, 1.165) is 21.0 Å². The van der Waals surface area contributed by atoms with E-state index in [2.05, 4.69) is 23.5 Å². The summed E-state index contributed by atoms with van der Waals surface area (Å²) in [5.74, 6) is -0.111. The number of allylic oxidation sites excluding steroid dienone is 2. The Hall–Kier alpha value is -2.45.